The molecule has 2 rings (SSSR count). The van der Waals surface area contributed by atoms with Crippen LogP contribution in [0.5, 0.6) is 5.75 Å². The standard InChI is InChI=1S/C22H42.C18H19NO/c1-5-7-8-12-16-19-22(4)20-17-14-11-9-10-13-15-18-21(3)6-2;1-3-19-15(2)13-16-9-11-18(12-10-16)20-14-17-7-5-4-6-8-17/h13,15,21H,4-12,14,16-20H2,1-3H3;1,4-12,15,19H,13-14H2,2H3/b15-13+;. The SMILES string of the molecule is C#CNC(C)Cc1ccc(OCc2ccccc2)cc1.C=C(CCCCCCC)CCCCCC/C=C/CC(C)CC. The van der Waals surface area contributed by atoms with E-state index in [9.17, 15) is 0 Å². The Labute approximate surface area is 260 Å². The van der Waals surface area contributed by atoms with Gasteiger partial charge in [-0.15, -0.1) is 0 Å². The second-order valence-corrected chi connectivity index (χ2v) is 11.9. The zero-order valence-electron chi connectivity index (χ0n) is 27.5. The van der Waals surface area contributed by atoms with E-state index >= 15 is 0 Å². The summed E-state index contributed by atoms with van der Waals surface area (Å²) >= 11 is 0. The van der Waals surface area contributed by atoms with E-state index in [-0.39, 0.29) is 6.04 Å². The summed E-state index contributed by atoms with van der Waals surface area (Å²) in [6.07, 6.45) is 29.7. The predicted molar refractivity (Wildman–Crippen MR) is 186 cm³/mol. The summed E-state index contributed by atoms with van der Waals surface area (Å²) in [6.45, 7) is 13.8. The van der Waals surface area contributed by atoms with Gasteiger partial charge in [-0.05, 0) is 87.5 Å². The van der Waals surface area contributed by atoms with Gasteiger partial charge in [0.15, 0.2) is 0 Å². The van der Waals surface area contributed by atoms with Crippen molar-refractivity contribution in [3.8, 4) is 18.2 Å². The minimum Gasteiger partial charge on any atom is -0.489 e. The third-order valence-electron chi connectivity index (χ3n) is 7.73. The molecule has 0 fully saturated rings. The molecule has 42 heavy (non-hydrogen) atoms. The summed E-state index contributed by atoms with van der Waals surface area (Å²) in [6, 6.07) is 21.0. The first-order valence-electron chi connectivity index (χ1n) is 16.8. The molecule has 1 N–H and O–H groups in total. The third kappa shape index (κ3) is 20.9. The molecule has 0 saturated heterocycles. The fraction of sp³-hybridized carbons (Fsp3) is 0.550. The molecule has 0 heterocycles. The Morgan fingerprint density at radius 3 is 2.10 bits per heavy atom. The van der Waals surface area contributed by atoms with Gasteiger partial charge in [-0.2, -0.15) is 0 Å². The molecule has 0 saturated carbocycles. The largest absolute Gasteiger partial charge is 0.489 e. The van der Waals surface area contributed by atoms with Crippen LogP contribution in [0.4, 0.5) is 0 Å². The average Bonchev–Trinajstić information content (AvgIpc) is 3.00. The fourth-order valence-electron chi connectivity index (χ4n) is 4.72. The molecule has 2 aromatic rings. The van der Waals surface area contributed by atoms with Crippen molar-refractivity contribution in [2.45, 2.75) is 137 Å². The molecule has 0 amide bonds. The van der Waals surface area contributed by atoms with Crippen molar-refractivity contribution in [3.05, 3.63) is 90.0 Å². The van der Waals surface area contributed by atoms with E-state index in [2.05, 4.69) is 82.1 Å². The highest BCUT2D eigenvalue weighted by Gasteiger charge is 2.02. The van der Waals surface area contributed by atoms with Crippen LogP contribution in [-0.4, -0.2) is 6.04 Å². The van der Waals surface area contributed by atoms with E-state index in [1.165, 1.54) is 107 Å². The van der Waals surface area contributed by atoms with Crippen molar-refractivity contribution >= 4 is 0 Å². The molecule has 2 atom stereocenters. The monoisotopic (exact) mass is 571 g/mol. The van der Waals surface area contributed by atoms with Crippen LogP contribution in [0.15, 0.2) is 78.9 Å². The molecule has 0 bridgehead atoms. The van der Waals surface area contributed by atoms with Crippen LogP contribution in [0.3, 0.4) is 0 Å². The topological polar surface area (TPSA) is 21.3 Å². The van der Waals surface area contributed by atoms with Gasteiger partial charge in [0.05, 0.1) is 0 Å². The van der Waals surface area contributed by atoms with Crippen LogP contribution < -0.4 is 10.1 Å². The molecule has 2 nitrogen and oxygen atoms in total. The molecule has 2 heteroatoms. The highest BCUT2D eigenvalue weighted by Crippen LogP contribution is 2.17. The highest BCUT2D eigenvalue weighted by atomic mass is 16.5. The average molecular weight is 572 g/mol. The first-order chi connectivity index (χ1) is 20.5. The van der Waals surface area contributed by atoms with E-state index in [4.69, 9.17) is 11.2 Å². The zero-order valence-corrected chi connectivity index (χ0v) is 27.5. The van der Waals surface area contributed by atoms with E-state index in [0.29, 0.717) is 6.61 Å². The number of unbranched alkanes of at least 4 members (excludes halogenated alkanes) is 8. The molecule has 232 valence electrons. The van der Waals surface area contributed by atoms with Gasteiger partial charge in [0.25, 0.3) is 0 Å². The van der Waals surface area contributed by atoms with E-state index in [1.807, 2.05) is 30.3 Å². The normalized spacial score (nSPS) is 12.2. The summed E-state index contributed by atoms with van der Waals surface area (Å²) in [4.78, 5) is 0. The number of ether oxygens (including phenoxy) is 1. The molecular weight excluding hydrogens is 510 g/mol. The summed E-state index contributed by atoms with van der Waals surface area (Å²) in [5.41, 5.74) is 3.90. The Bertz CT molecular complexity index is 969. The van der Waals surface area contributed by atoms with Gasteiger partial charge in [0.1, 0.15) is 12.4 Å². The maximum Gasteiger partial charge on any atom is 0.119 e. The molecule has 0 spiro atoms. The predicted octanol–water partition coefficient (Wildman–Crippen LogP) is 11.6. The highest BCUT2D eigenvalue weighted by molar-refractivity contribution is 5.28. The van der Waals surface area contributed by atoms with Crippen LogP contribution >= 0.6 is 0 Å². The maximum atomic E-state index is 5.75. The number of terminal acetylenes is 1. The summed E-state index contributed by atoms with van der Waals surface area (Å²) in [7, 11) is 0. The smallest absolute Gasteiger partial charge is 0.119 e. The molecule has 0 radical (unpaired) electrons. The van der Waals surface area contributed by atoms with Crippen LogP contribution in [-0.2, 0) is 13.0 Å². The van der Waals surface area contributed by atoms with Gasteiger partial charge < -0.3 is 10.1 Å². The van der Waals surface area contributed by atoms with Crippen LogP contribution in [0.2, 0.25) is 0 Å². The number of nitrogens with one attached hydrogen (secondary N) is 1. The second-order valence-electron chi connectivity index (χ2n) is 11.9. The van der Waals surface area contributed by atoms with Gasteiger partial charge in [-0.25, -0.2) is 0 Å². The van der Waals surface area contributed by atoms with Gasteiger partial charge >= 0.3 is 0 Å². The summed E-state index contributed by atoms with van der Waals surface area (Å²) in [5, 5.41) is 2.95. The molecule has 0 aliphatic carbocycles. The van der Waals surface area contributed by atoms with Crippen molar-refractivity contribution in [2.24, 2.45) is 5.92 Å². The Morgan fingerprint density at radius 1 is 0.833 bits per heavy atom. The molecule has 2 unspecified atom stereocenters. The molecule has 0 aliphatic heterocycles. The lowest BCUT2D eigenvalue weighted by molar-refractivity contribution is 0.306. The minimum atomic E-state index is 0.274. The Kier molecular flexibility index (Phi) is 22.8. The second kappa shape index (κ2) is 25.8. The number of allylic oxidation sites excluding steroid dienone is 3. The van der Waals surface area contributed by atoms with Crippen LogP contribution in [0.1, 0.15) is 129 Å². The van der Waals surface area contributed by atoms with Gasteiger partial charge in [-0.3, -0.25) is 0 Å². The Balaban J connectivity index is 0.000000421. The van der Waals surface area contributed by atoms with Gasteiger partial charge in [0.2, 0.25) is 0 Å². The lowest BCUT2D eigenvalue weighted by atomic mass is 10.0. The van der Waals surface area contributed by atoms with Crippen LogP contribution in [0, 0.1) is 18.4 Å². The van der Waals surface area contributed by atoms with E-state index < -0.39 is 0 Å². The minimum absolute atomic E-state index is 0.274. The van der Waals surface area contributed by atoms with Crippen molar-refractivity contribution in [3.63, 3.8) is 0 Å². The third-order valence-corrected chi connectivity index (χ3v) is 7.73. The summed E-state index contributed by atoms with van der Waals surface area (Å²) in [5.74, 6) is 1.74. The Hall–Kier alpha value is -2.92. The Morgan fingerprint density at radius 2 is 1.48 bits per heavy atom. The molecular formula is C40H61NO. The molecule has 0 aliphatic rings. The summed E-state index contributed by atoms with van der Waals surface area (Å²) < 4.78 is 5.75. The van der Waals surface area contributed by atoms with Crippen molar-refractivity contribution in [1.29, 1.82) is 0 Å². The van der Waals surface area contributed by atoms with Crippen molar-refractivity contribution < 1.29 is 4.74 Å². The first-order valence-corrected chi connectivity index (χ1v) is 16.8. The van der Waals surface area contributed by atoms with Gasteiger partial charge in [0, 0.05) is 12.1 Å². The number of benzene rings is 2. The number of hydrogen-bond acceptors (Lipinski definition) is 2. The van der Waals surface area contributed by atoms with Crippen molar-refractivity contribution in [2.75, 3.05) is 0 Å². The quantitative estimate of drug-likeness (QED) is 0.0657. The zero-order chi connectivity index (χ0) is 30.7. The van der Waals surface area contributed by atoms with Crippen molar-refractivity contribution in [1.82, 2.24) is 5.32 Å². The van der Waals surface area contributed by atoms with Crippen LogP contribution in [0.25, 0.3) is 0 Å². The van der Waals surface area contributed by atoms with E-state index in [0.717, 1.165) is 18.1 Å². The fourth-order valence-corrected chi connectivity index (χ4v) is 4.72. The number of hydrogen-bond donors (Lipinski definition) is 1. The lowest BCUT2D eigenvalue weighted by Gasteiger charge is -2.11. The maximum absolute atomic E-state index is 5.75. The first kappa shape index (κ1) is 37.1. The van der Waals surface area contributed by atoms with E-state index in [1.54, 1.807) is 0 Å². The van der Waals surface area contributed by atoms with Gasteiger partial charge in [-0.1, -0.05) is 139 Å². The number of rotatable bonds is 22. The lowest BCUT2D eigenvalue weighted by Crippen LogP contribution is -2.22. The molecule has 0 aromatic heterocycles. The molecule has 2 aromatic carbocycles.